The second kappa shape index (κ2) is 6.74. The molecule has 24 heavy (non-hydrogen) atoms. The molecule has 3 rings (SSSR count). The summed E-state index contributed by atoms with van der Waals surface area (Å²) < 4.78 is 37.9. The first kappa shape index (κ1) is 16.7. The summed E-state index contributed by atoms with van der Waals surface area (Å²) in [4.78, 5) is 8.25. The molecule has 1 fully saturated rings. The Balaban J connectivity index is 1.73. The molecule has 0 saturated carbocycles. The summed E-state index contributed by atoms with van der Waals surface area (Å²) in [5, 5.41) is 0. The Kier molecular flexibility index (Phi) is 4.68. The third kappa shape index (κ3) is 3.34. The zero-order chi connectivity index (χ0) is 17.2. The van der Waals surface area contributed by atoms with E-state index in [9.17, 15) is 8.42 Å². The zero-order valence-corrected chi connectivity index (χ0v) is 14.4. The molecule has 1 aromatic carbocycles. The molecule has 1 saturated heterocycles. The monoisotopic (exact) mass is 349 g/mol. The van der Waals surface area contributed by atoms with Gasteiger partial charge in [-0.25, -0.2) is 13.4 Å². The summed E-state index contributed by atoms with van der Waals surface area (Å²) in [5.41, 5.74) is 0.783. The maximum atomic E-state index is 12.8. The van der Waals surface area contributed by atoms with Crippen LogP contribution in [0.25, 0.3) is 0 Å². The lowest BCUT2D eigenvalue weighted by Crippen LogP contribution is -2.31. The maximum absolute atomic E-state index is 12.8. The van der Waals surface area contributed by atoms with Crippen molar-refractivity contribution in [2.24, 2.45) is 0 Å². The highest BCUT2D eigenvalue weighted by Gasteiger charge is 2.34. The van der Waals surface area contributed by atoms with E-state index in [2.05, 4.69) is 9.97 Å². The summed E-state index contributed by atoms with van der Waals surface area (Å²) in [6.45, 7) is 2.53. The Morgan fingerprint density at radius 2 is 2.12 bits per heavy atom. The van der Waals surface area contributed by atoms with Crippen molar-refractivity contribution in [2.45, 2.75) is 24.3 Å². The van der Waals surface area contributed by atoms with Gasteiger partial charge in [0, 0.05) is 18.9 Å². The topological polar surface area (TPSA) is 81.6 Å². The van der Waals surface area contributed by atoms with Crippen molar-refractivity contribution in [1.29, 1.82) is 0 Å². The molecule has 128 valence electrons. The number of methoxy groups -OCH3 is 1. The van der Waals surface area contributed by atoms with Gasteiger partial charge in [0.25, 0.3) is 0 Å². The third-order valence-corrected chi connectivity index (χ3v) is 5.80. The Morgan fingerprint density at radius 1 is 1.29 bits per heavy atom. The van der Waals surface area contributed by atoms with E-state index in [-0.39, 0.29) is 11.0 Å². The summed E-state index contributed by atoms with van der Waals surface area (Å²) in [5.74, 6) is 1.07. The van der Waals surface area contributed by atoms with Crippen LogP contribution in [0.3, 0.4) is 0 Å². The summed E-state index contributed by atoms with van der Waals surface area (Å²) >= 11 is 0. The summed E-state index contributed by atoms with van der Waals surface area (Å²) in [7, 11) is -1.99. The van der Waals surface area contributed by atoms with Crippen molar-refractivity contribution < 1.29 is 17.9 Å². The molecule has 7 nitrogen and oxygen atoms in total. The Morgan fingerprint density at radius 3 is 2.79 bits per heavy atom. The molecule has 0 aliphatic carbocycles. The fourth-order valence-electron chi connectivity index (χ4n) is 2.69. The number of aryl methyl sites for hydroxylation is 1. The molecule has 1 unspecified atom stereocenters. The van der Waals surface area contributed by atoms with Crippen molar-refractivity contribution in [1.82, 2.24) is 14.3 Å². The van der Waals surface area contributed by atoms with E-state index in [1.165, 1.54) is 10.5 Å². The normalized spacial score (nSPS) is 18.5. The first-order valence-electron chi connectivity index (χ1n) is 7.58. The lowest BCUT2D eigenvalue weighted by Gasteiger charge is -2.17. The van der Waals surface area contributed by atoms with Crippen LogP contribution in [0.1, 0.15) is 12.0 Å². The van der Waals surface area contributed by atoms with Crippen molar-refractivity contribution in [3.63, 3.8) is 0 Å². The minimum absolute atomic E-state index is 0.226. The maximum Gasteiger partial charge on any atom is 0.243 e. The molecular formula is C16H19N3O4S. The molecule has 0 spiro atoms. The lowest BCUT2D eigenvalue weighted by molar-refractivity contribution is 0.206. The number of aromatic nitrogens is 2. The standard InChI is InChI=1S/C16H19N3O4S/c1-12-9-14(3-4-15(12)22-2)24(20,21)19-8-5-13(11-19)23-16-10-17-6-7-18-16/h3-4,6-7,9-10,13H,5,8,11H2,1-2H3. The Bertz CT molecular complexity index is 811. The number of nitrogens with zero attached hydrogens (tertiary/aromatic N) is 3. The van der Waals surface area contributed by atoms with Crippen LogP contribution in [0.5, 0.6) is 11.6 Å². The van der Waals surface area contributed by atoms with Gasteiger partial charge in [-0.3, -0.25) is 4.98 Å². The van der Waals surface area contributed by atoms with E-state index in [1.807, 2.05) is 6.92 Å². The largest absolute Gasteiger partial charge is 0.496 e. The minimum Gasteiger partial charge on any atom is -0.496 e. The van der Waals surface area contributed by atoms with E-state index in [0.29, 0.717) is 31.1 Å². The van der Waals surface area contributed by atoms with E-state index in [4.69, 9.17) is 9.47 Å². The van der Waals surface area contributed by atoms with E-state index in [0.717, 1.165) is 5.56 Å². The van der Waals surface area contributed by atoms with Crippen molar-refractivity contribution in [3.05, 3.63) is 42.4 Å². The predicted octanol–water partition coefficient (Wildman–Crippen LogP) is 1.64. The molecule has 1 atom stereocenters. The van der Waals surface area contributed by atoms with Crippen LogP contribution in [0, 0.1) is 6.92 Å². The fourth-order valence-corrected chi connectivity index (χ4v) is 4.26. The zero-order valence-electron chi connectivity index (χ0n) is 13.5. The SMILES string of the molecule is COc1ccc(S(=O)(=O)N2CCC(Oc3cnccn3)C2)cc1C. The predicted molar refractivity (Wildman–Crippen MR) is 87.6 cm³/mol. The van der Waals surface area contributed by atoms with Crippen LogP contribution in [-0.2, 0) is 10.0 Å². The van der Waals surface area contributed by atoms with Crippen molar-refractivity contribution in [2.75, 3.05) is 20.2 Å². The number of rotatable bonds is 5. The fraction of sp³-hybridized carbons (Fsp3) is 0.375. The summed E-state index contributed by atoms with van der Waals surface area (Å²) in [6, 6.07) is 4.87. The molecule has 0 bridgehead atoms. The Hall–Kier alpha value is -2.19. The van der Waals surface area contributed by atoms with Gasteiger partial charge in [0.15, 0.2) is 0 Å². The summed E-state index contributed by atoms with van der Waals surface area (Å²) in [6.07, 6.45) is 5.01. The molecular weight excluding hydrogens is 330 g/mol. The van der Waals surface area contributed by atoms with Crippen molar-refractivity contribution >= 4 is 10.0 Å². The van der Waals surface area contributed by atoms with Crippen LogP contribution in [0.15, 0.2) is 41.7 Å². The lowest BCUT2D eigenvalue weighted by atomic mass is 10.2. The second-order valence-corrected chi connectivity index (χ2v) is 7.50. The van der Waals surface area contributed by atoms with Crippen molar-refractivity contribution in [3.8, 4) is 11.6 Å². The molecule has 1 aromatic heterocycles. The van der Waals surface area contributed by atoms with Gasteiger partial charge in [-0.15, -0.1) is 0 Å². The smallest absolute Gasteiger partial charge is 0.243 e. The van der Waals surface area contributed by atoms with Crippen LogP contribution in [-0.4, -0.2) is 49.0 Å². The van der Waals surface area contributed by atoms with Gasteiger partial charge in [-0.1, -0.05) is 0 Å². The van der Waals surface area contributed by atoms with E-state index >= 15 is 0 Å². The van der Waals surface area contributed by atoms with Gasteiger partial charge in [0.2, 0.25) is 15.9 Å². The third-order valence-electron chi connectivity index (χ3n) is 3.94. The van der Waals surface area contributed by atoms with Gasteiger partial charge in [0.05, 0.1) is 24.7 Å². The number of benzene rings is 1. The highest BCUT2D eigenvalue weighted by atomic mass is 32.2. The average molecular weight is 349 g/mol. The van der Waals surface area contributed by atoms with Crippen LogP contribution in [0.2, 0.25) is 0 Å². The average Bonchev–Trinajstić information content (AvgIpc) is 3.05. The Labute approximate surface area is 141 Å². The van der Waals surface area contributed by atoms with Gasteiger partial charge in [-0.2, -0.15) is 4.31 Å². The van der Waals surface area contributed by atoms with Gasteiger partial charge in [-0.05, 0) is 37.1 Å². The minimum atomic E-state index is -3.55. The molecule has 1 aliphatic heterocycles. The molecule has 0 amide bonds. The molecule has 2 heterocycles. The van der Waals surface area contributed by atoms with Gasteiger partial charge < -0.3 is 9.47 Å². The van der Waals surface area contributed by atoms with Crippen LogP contribution >= 0.6 is 0 Å². The molecule has 0 N–H and O–H groups in total. The van der Waals surface area contributed by atoms with Gasteiger partial charge >= 0.3 is 0 Å². The second-order valence-electron chi connectivity index (χ2n) is 5.57. The first-order chi connectivity index (χ1) is 11.5. The molecule has 8 heteroatoms. The van der Waals surface area contributed by atoms with Crippen LogP contribution < -0.4 is 9.47 Å². The number of sulfonamides is 1. The number of hydrogen-bond acceptors (Lipinski definition) is 6. The molecule has 1 aliphatic rings. The molecule has 0 radical (unpaired) electrons. The number of hydrogen-bond donors (Lipinski definition) is 0. The quantitative estimate of drug-likeness (QED) is 0.816. The van der Waals surface area contributed by atoms with E-state index in [1.54, 1.807) is 37.7 Å². The first-order valence-corrected chi connectivity index (χ1v) is 9.02. The van der Waals surface area contributed by atoms with Crippen LogP contribution in [0.4, 0.5) is 0 Å². The van der Waals surface area contributed by atoms with E-state index < -0.39 is 10.0 Å². The highest BCUT2D eigenvalue weighted by molar-refractivity contribution is 7.89. The number of ether oxygens (including phenoxy) is 2. The van der Waals surface area contributed by atoms with Gasteiger partial charge in [0.1, 0.15) is 11.9 Å². The highest BCUT2D eigenvalue weighted by Crippen LogP contribution is 2.26. The molecule has 2 aromatic rings.